The molecule has 43 heavy (non-hydrogen) atoms. The molecule has 0 radical (unpaired) electrons. The summed E-state index contributed by atoms with van der Waals surface area (Å²) in [5.74, 6) is 1.93. The number of fused-ring (bicyclic) bond motifs is 2. The number of nitrogens with one attached hydrogen (secondary N) is 1. The topological polar surface area (TPSA) is 125 Å². The van der Waals surface area contributed by atoms with Gasteiger partial charge in [0.25, 0.3) is 0 Å². The van der Waals surface area contributed by atoms with Crippen molar-refractivity contribution in [2.75, 3.05) is 26.8 Å². The highest BCUT2D eigenvalue weighted by molar-refractivity contribution is 14.1. The highest BCUT2D eigenvalue weighted by Crippen LogP contribution is 2.61. The number of hydrogen-bond acceptors (Lipinski definition) is 7. The van der Waals surface area contributed by atoms with E-state index in [2.05, 4.69) is 41.8 Å². The molecule has 2 amide bonds. The molecule has 0 saturated heterocycles. The maximum absolute atomic E-state index is 14.3. The number of methoxy groups -OCH3 is 1. The number of amides is 2. The van der Waals surface area contributed by atoms with Gasteiger partial charge in [-0.1, -0.05) is 26.7 Å². The Kier molecular flexibility index (Phi) is 10.1. The lowest BCUT2D eigenvalue weighted by Gasteiger charge is -2.61. The van der Waals surface area contributed by atoms with Gasteiger partial charge in [-0.05, 0) is 96.1 Å². The van der Waals surface area contributed by atoms with Crippen molar-refractivity contribution in [1.29, 1.82) is 0 Å². The van der Waals surface area contributed by atoms with Crippen LogP contribution in [0.2, 0.25) is 0 Å². The molecule has 2 bridgehead atoms. The number of carbonyl (C=O) groups is 3. The summed E-state index contributed by atoms with van der Waals surface area (Å²) in [7, 11) is 1.48. The van der Waals surface area contributed by atoms with Crippen molar-refractivity contribution < 1.29 is 34.1 Å². The molecule has 9 nitrogen and oxygen atoms in total. The van der Waals surface area contributed by atoms with Crippen molar-refractivity contribution in [3.8, 4) is 11.5 Å². The molecule has 10 heteroatoms. The average Bonchev–Trinajstić information content (AvgIpc) is 3.55. The molecule has 6 rings (SSSR count). The van der Waals surface area contributed by atoms with Crippen LogP contribution in [0.4, 0.5) is 0 Å². The maximum atomic E-state index is 14.3. The molecular weight excluding hydrogens is 663 g/mol. The minimum atomic E-state index is -1.10. The lowest BCUT2D eigenvalue weighted by Crippen LogP contribution is -2.60. The third-order valence-electron chi connectivity index (χ3n) is 10.7. The number of aliphatic hydroxyl groups excluding tert-OH is 2. The Morgan fingerprint density at radius 2 is 1.93 bits per heavy atom. The molecule has 236 valence electrons. The van der Waals surface area contributed by atoms with Crippen LogP contribution < -0.4 is 14.8 Å². The molecule has 0 aliphatic heterocycles. The second-order valence-electron chi connectivity index (χ2n) is 13.3. The normalized spacial score (nSPS) is 29.7. The van der Waals surface area contributed by atoms with Crippen molar-refractivity contribution >= 4 is 40.7 Å². The Bertz CT molecular complexity index is 1240. The van der Waals surface area contributed by atoms with Gasteiger partial charge in [0, 0.05) is 36.6 Å². The molecule has 6 atom stereocenters. The largest absolute Gasteiger partial charge is 0.493 e. The van der Waals surface area contributed by atoms with Gasteiger partial charge in [-0.15, -0.1) is 0 Å². The quantitative estimate of drug-likeness (QED) is 0.234. The van der Waals surface area contributed by atoms with Gasteiger partial charge in [0.15, 0.2) is 11.5 Å². The molecule has 0 aromatic heterocycles. The van der Waals surface area contributed by atoms with E-state index < -0.39 is 18.2 Å². The van der Waals surface area contributed by atoms with Crippen LogP contribution in [0.15, 0.2) is 23.8 Å². The lowest BCUT2D eigenvalue weighted by molar-refractivity contribution is -0.151. The standard InChI is InChI=1S/C33H45IN2O7/c1-33(2)23-9-8-21(24(33)16-23)17-36(32(41)20-6-4-5-7-20)26-14-22(31(40)35-10-11-37)15-27(29(26)39)43-30-25(34)12-19(18-38)13-28(30)42-3/h12-13,15,18,20-21,23-24,26-27,29,37,39H,4-11,14,16-17H2,1-3H3,(H,35,40)/t21-,23-,24-,26+,27-,29-/m0/s1. The molecular formula is C33H45IN2O7. The van der Waals surface area contributed by atoms with Gasteiger partial charge in [-0.25, -0.2) is 0 Å². The van der Waals surface area contributed by atoms with E-state index in [1.807, 2.05) is 4.90 Å². The number of aliphatic hydroxyl groups is 2. The van der Waals surface area contributed by atoms with Crippen molar-refractivity contribution in [3.05, 3.63) is 32.9 Å². The van der Waals surface area contributed by atoms with Gasteiger partial charge >= 0.3 is 0 Å². The van der Waals surface area contributed by atoms with Gasteiger partial charge < -0.3 is 29.9 Å². The molecule has 5 aliphatic rings. The molecule has 1 aromatic rings. The number of hydrogen-bond donors (Lipinski definition) is 3. The van der Waals surface area contributed by atoms with E-state index >= 15 is 0 Å². The van der Waals surface area contributed by atoms with Crippen LogP contribution in [-0.2, 0) is 9.59 Å². The fraction of sp³-hybridized carbons (Fsp3) is 0.667. The molecule has 0 heterocycles. The van der Waals surface area contributed by atoms with Crippen molar-refractivity contribution in [3.63, 3.8) is 0 Å². The molecule has 0 spiro atoms. The zero-order valence-electron chi connectivity index (χ0n) is 25.4. The monoisotopic (exact) mass is 708 g/mol. The number of aldehydes is 1. The summed E-state index contributed by atoms with van der Waals surface area (Å²) >= 11 is 2.06. The summed E-state index contributed by atoms with van der Waals surface area (Å²) < 4.78 is 12.5. The predicted molar refractivity (Wildman–Crippen MR) is 170 cm³/mol. The molecule has 5 aliphatic carbocycles. The maximum Gasteiger partial charge on any atom is 0.247 e. The minimum absolute atomic E-state index is 0.0686. The third kappa shape index (κ3) is 6.47. The van der Waals surface area contributed by atoms with Gasteiger partial charge in [-0.3, -0.25) is 14.4 Å². The number of rotatable bonds is 11. The van der Waals surface area contributed by atoms with Crippen LogP contribution >= 0.6 is 22.6 Å². The van der Waals surface area contributed by atoms with Crippen molar-refractivity contribution in [2.24, 2.45) is 29.1 Å². The van der Waals surface area contributed by atoms with E-state index in [4.69, 9.17) is 9.47 Å². The zero-order valence-corrected chi connectivity index (χ0v) is 27.5. The van der Waals surface area contributed by atoms with Crippen LogP contribution in [0.1, 0.15) is 75.6 Å². The first kappa shape index (κ1) is 32.2. The van der Waals surface area contributed by atoms with Crippen molar-refractivity contribution in [1.82, 2.24) is 10.2 Å². The fourth-order valence-corrected chi connectivity index (χ4v) is 8.82. The van der Waals surface area contributed by atoms with E-state index in [1.54, 1.807) is 18.2 Å². The summed E-state index contributed by atoms with van der Waals surface area (Å²) in [5.41, 5.74) is 1.08. The Labute approximate surface area is 267 Å². The Morgan fingerprint density at radius 1 is 1.19 bits per heavy atom. The van der Waals surface area contributed by atoms with E-state index in [0.717, 1.165) is 50.7 Å². The molecule has 1 aromatic carbocycles. The number of halogens is 1. The van der Waals surface area contributed by atoms with Crippen LogP contribution in [-0.4, -0.2) is 78.3 Å². The number of ether oxygens (including phenoxy) is 2. The first-order valence-corrected chi connectivity index (χ1v) is 16.7. The summed E-state index contributed by atoms with van der Waals surface area (Å²) in [5, 5.41) is 24.0. The average molecular weight is 709 g/mol. The smallest absolute Gasteiger partial charge is 0.247 e. The fourth-order valence-electron chi connectivity index (χ4n) is 8.07. The first-order valence-electron chi connectivity index (χ1n) is 15.7. The summed E-state index contributed by atoms with van der Waals surface area (Å²) in [6.07, 6.45) is 7.63. The van der Waals surface area contributed by atoms with E-state index in [1.165, 1.54) is 13.5 Å². The zero-order chi connectivity index (χ0) is 30.9. The van der Waals surface area contributed by atoms with E-state index in [0.29, 0.717) is 44.6 Å². The lowest BCUT2D eigenvalue weighted by atomic mass is 9.45. The van der Waals surface area contributed by atoms with Crippen LogP contribution in [0.3, 0.4) is 0 Å². The van der Waals surface area contributed by atoms with Crippen LogP contribution in [0, 0.1) is 32.7 Å². The number of carbonyl (C=O) groups excluding carboxylic acids is 3. The summed E-state index contributed by atoms with van der Waals surface area (Å²) in [4.78, 5) is 40.9. The van der Waals surface area contributed by atoms with Gasteiger partial charge in [0.05, 0.1) is 23.3 Å². The predicted octanol–water partition coefficient (Wildman–Crippen LogP) is 4.12. The van der Waals surface area contributed by atoms with Gasteiger partial charge in [0.2, 0.25) is 11.8 Å². The Hall–Kier alpha value is -2.18. The van der Waals surface area contributed by atoms with Crippen molar-refractivity contribution in [2.45, 2.75) is 83.5 Å². The molecule has 0 unspecified atom stereocenters. The Balaban J connectivity index is 1.49. The second kappa shape index (κ2) is 13.4. The van der Waals surface area contributed by atoms with Gasteiger partial charge in [-0.2, -0.15) is 0 Å². The second-order valence-corrected chi connectivity index (χ2v) is 14.5. The molecule has 4 fully saturated rings. The van der Waals surface area contributed by atoms with Crippen LogP contribution in [0.5, 0.6) is 11.5 Å². The first-order chi connectivity index (χ1) is 20.6. The summed E-state index contributed by atoms with van der Waals surface area (Å²) in [6, 6.07) is 2.59. The SMILES string of the molecule is COc1cc(C=O)cc(I)c1O[C@H]1C=C(C(=O)NCCO)C[C@@H](N(C[C@@H]2CC[C@H]3C[C@@H]2C3(C)C)C(=O)C2CCCC2)[C@@H]1O. The number of nitrogens with zero attached hydrogens (tertiary/aromatic N) is 1. The van der Waals surface area contributed by atoms with Crippen LogP contribution in [0.25, 0.3) is 0 Å². The van der Waals surface area contributed by atoms with Gasteiger partial charge in [0.1, 0.15) is 18.5 Å². The molecule has 3 N–H and O–H groups in total. The highest BCUT2D eigenvalue weighted by atomic mass is 127. The van der Waals surface area contributed by atoms with E-state index in [-0.39, 0.29) is 42.7 Å². The summed E-state index contributed by atoms with van der Waals surface area (Å²) in [6.45, 7) is 5.15. The highest BCUT2D eigenvalue weighted by Gasteiger charge is 2.55. The Morgan fingerprint density at radius 3 is 2.56 bits per heavy atom. The van der Waals surface area contributed by atoms with E-state index in [9.17, 15) is 24.6 Å². The molecule has 4 saturated carbocycles. The number of benzene rings is 1. The minimum Gasteiger partial charge on any atom is -0.493 e. The third-order valence-corrected chi connectivity index (χ3v) is 11.5.